The lowest BCUT2D eigenvalue weighted by Gasteiger charge is -2.48. The molecule has 1 saturated carbocycles. The molecular weight excluding hydrogens is 232 g/mol. The highest BCUT2D eigenvalue weighted by Crippen LogP contribution is 2.31. The zero-order chi connectivity index (χ0) is 13.3. The van der Waals surface area contributed by atoms with Crippen LogP contribution in [-0.4, -0.2) is 47.6 Å². The molecule has 5 heteroatoms. The first-order valence-corrected chi connectivity index (χ1v) is 6.73. The molecule has 1 aliphatic heterocycles. The summed E-state index contributed by atoms with van der Waals surface area (Å²) < 4.78 is 5.50. The minimum Gasteiger partial charge on any atom is -0.378 e. The summed E-state index contributed by atoms with van der Waals surface area (Å²) in [5.74, 6) is -0.0108. The summed E-state index contributed by atoms with van der Waals surface area (Å²) in [7, 11) is 0. The first-order chi connectivity index (χ1) is 8.50. The van der Waals surface area contributed by atoms with E-state index >= 15 is 0 Å². The standard InChI is InChI=1S/C13H22N2O3/c1-4-13(3)12(17)15(8-11(16)14-13)9-6-10(7-9)18-5-2/h9-10H,4-8H2,1-3H3,(H,14,16). The van der Waals surface area contributed by atoms with Crippen molar-refractivity contribution in [1.29, 1.82) is 0 Å². The molecule has 0 aromatic rings. The third-order valence-electron chi connectivity index (χ3n) is 4.08. The summed E-state index contributed by atoms with van der Waals surface area (Å²) in [6.07, 6.45) is 2.58. The number of nitrogens with one attached hydrogen (secondary N) is 1. The fourth-order valence-corrected chi connectivity index (χ4v) is 2.64. The van der Waals surface area contributed by atoms with E-state index in [2.05, 4.69) is 5.32 Å². The number of hydrogen-bond donors (Lipinski definition) is 1. The summed E-state index contributed by atoms with van der Waals surface area (Å²) in [5, 5.41) is 2.80. The Balaban J connectivity index is 2.00. The lowest BCUT2D eigenvalue weighted by molar-refractivity contribution is -0.157. The monoisotopic (exact) mass is 254 g/mol. The number of ether oxygens (including phenoxy) is 1. The van der Waals surface area contributed by atoms with E-state index in [0.717, 1.165) is 12.8 Å². The predicted molar refractivity (Wildman–Crippen MR) is 67.0 cm³/mol. The molecule has 0 spiro atoms. The van der Waals surface area contributed by atoms with Crippen molar-refractivity contribution in [2.45, 2.75) is 57.7 Å². The lowest BCUT2D eigenvalue weighted by Crippen LogP contribution is -2.68. The lowest BCUT2D eigenvalue weighted by atomic mass is 9.84. The number of hydrogen-bond acceptors (Lipinski definition) is 3. The first-order valence-electron chi connectivity index (χ1n) is 6.73. The molecule has 102 valence electrons. The van der Waals surface area contributed by atoms with Crippen molar-refractivity contribution >= 4 is 11.8 Å². The van der Waals surface area contributed by atoms with Crippen LogP contribution in [0.15, 0.2) is 0 Å². The largest absolute Gasteiger partial charge is 0.378 e. The fourth-order valence-electron chi connectivity index (χ4n) is 2.64. The van der Waals surface area contributed by atoms with Crippen LogP contribution in [0.4, 0.5) is 0 Å². The van der Waals surface area contributed by atoms with Crippen LogP contribution < -0.4 is 5.32 Å². The van der Waals surface area contributed by atoms with Gasteiger partial charge in [-0.1, -0.05) is 6.92 Å². The third-order valence-corrected chi connectivity index (χ3v) is 4.08. The molecule has 1 aliphatic carbocycles. The average molecular weight is 254 g/mol. The highest BCUT2D eigenvalue weighted by Gasteiger charge is 2.47. The number of piperazine rings is 1. The molecule has 2 amide bonds. The van der Waals surface area contributed by atoms with Crippen LogP contribution >= 0.6 is 0 Å². The molecule has 1 saturated heterocycles. The van der Waals surface area contributed by atoms with Gasteiger partial charge in [-0.3, -0.25) is 9.59 Å². The third kappa shape index (κ3) is 2.23. The Bertz CT molecular complexity index is 352. The summed E-state index contributed by atoms with van der Waals surface area (Å²) in [5.41, 5.74) is -0.730. The Morgan fingerprint density at radius 1 is 1.39 bits per heavy atom. The van der Waals surface area contributed by atoms with Crippen LogP contribution in [0.3, 0.4) is 0 Å². The second-order valence-corrected chi connectivity index (χ2v) is 5.37. The number of carbonyl (C=O) groups excluding carboxylic acids is 2. The Kier molecular flexibility index (Phi) is 3.61. The van der Waals surface area contributed by atoms with Gasteiger partial charge in [0.25, 0.3) is 0 Å². The molecule has 1 heterocycles. The van der Waals surface area contributed by atoms with E-state index in [1.54, 1.807) is 11.8 Å². The maximum absolute atomic E-state index is 12.4. The van der Waals surface area contributed by atoms with Crippen LogP contribution in [0.2, 0.25) is 0 Å². The van der Waals surface area contributed by atoms with Crippen LogP contribution in [0.25, 0.3) is 0 Å². The molecule has 5 nitrogen and oxygen atoms in total. The highest BCUT2D eigenvalue weighted by atomic mass is 16.5. The Hall–Kier alpha value is -1.10. The first kappa shape index (κ1) is 13.3. The van der Waals surface area contributed by atoms with Crippen molar-refractivity contribution in [3.63, 3.8) is 0 Å². The molecule has 1 N–H and O–H groups in total. The molecule has 0 bridgehead atoms. The van der Waals surface area contributed by atoms with Crippen molar-refractivity contribution in [1.82, 2.24) is 10.2 Å². The van der Waals surface area contributed by atoms with Gasteiger partial charge in [-0.15, -0.1) is 0 Å². The van der Waals surface area contributed by atoms with Gasteiger partial charge in [0.1, 0.15) is 5.54 Å². The molecule has 1 atom stereocenters. The normalized spacial score (nSPS) is 36.3. The molecule has 2 aliphatic rings. The summed E-state index contributed by atoms with van der Waals surface area (Å²) in [6, 6.07) is 0.172. The molecule has 0 aromatic carbocycles. The molecule has 0 radical (unpaired) electrons. The van der Waals surface area contributed by atoms with E-state index in [1.807, 2.05) is 13.8 Å². The van der Waals surface area contributed by atoms with Crippen LogP contribution in [0.1, 0.15) is 40.0 Å². The van der Waals surface area contributed by atoms with E-state index < -0.39 is 5.54 Å². The Morgan fingerprint density at radius 3 is 2.61 bits per heavy atom. The van der Waals surface area contributed by atoms with Gasteiger partial charge in [-0.05, 0) is 33.1 Å². The van der Waals surface area contributed by atoms with Crippen LogP contribution in [0.5, 0.6) is 0 Å². The van der Waals surface area contributed by atoms with Gasteiger partial charge in [-0.2, -0.15) is 0 Å². The van der Waals surface area contributed by atoms with E-state index in [9.17, 15) is 9.59 Å². The van der Waals surface area contributed by atoms with Crippen molar-refractivity contribution in [2.24, 2.45) is 0 Å². The van der Waals surface area contributed by atoms with Crippen LogP contribution in [-0.2, 0) is 14.3 Å². The molecule has 0 aromatic heterocycles. The minimum absolute atomic E-state index is 0.0459. The molecule has 1 unspecified atom stereocenters. The van der Waals surface area contributed by atoms with Crippen LogP contribution in [0, 0.1) is 0 Å². The van der Waals surface area contributed by atoms with Crippen molar-refractivity contribution in [3.8, 4) is 0 Å². The number of rotatable bonds is 4. The second-order valence-electron chi connectivity index (χ2n) is 5.37. The van der Waals surface area contributed by atoms with Crippen molar-refractivity contribution in [2.75, 3.05) is 13.2 Å². The van der Waals surface area contributed by atoms with Gasteiger partial charge >= 0.3 is 0 Å². The molecule has 18 heavy (non-hydrogen) atoms. The van der Waals surface area contributed by atoms with Crippen molar-refractivity contribution in [3.05, 3.63) is 0 Å². The zero-order valence-corrected chi connectivity index (χ0v) is 11.4. The van der Waals surface area contributed by atoms with E-state index in [4.69, 9.17) is 4.74 Å². The predicted octanol–water partition coefficient (Wildman–Crippen LogP) is 0.681. The van der Waals surface area contributed by atoms with Gasteiger partial charge in [0.15, 0.2) is 0 Å². The summed E-state index contributed by atoms with van der Waals surface area (Å²) >= 11 is 0. The number of nitrogens with zero attached hydrogens (tertiary/aromatic N) is 1. The Morgan fingerprint density at radius 2 is 2.06 bits per heavy atom. The van der Waals surface area contributed by atoms with E-state index in [-0.39, 0.29) is 30.5 Å². The van der Waals surface area contributed by atoms with Gasteiger partial charge < -0.3 is 15.0 Å². The van der Waals surface area contributed by atoms with Gasteiger partial charge in [0, 0.05) is 12.6 Å². The highest BCUT2D eigenvalue weighted by molar-refractivity contribution is 5.97. The van der Waals surface area contributed by atoms with Crippen molar-refractivity contribution < 1.29 is 14.3 Å². The Labute approximate surface area is 108 Å². The SMILES string of the molecule is CCOC1CC(N2CC(=O)NC(C)(CC)C2=O)C1. The molecular formula is C13H22N2O3. The second kappa shape index (κ2) is 4.88. The minimum atomic E-state index is -0.730. The quantitative estimate of drug-likeness (QED) is 0.802. The zero-order valence-electron chi connectivity index (χ0n) is 11.4. The summed E-state index contributed by atoms with van der Waals surface area (Å²) in [4.78, 5) is 25.8. The smallest absolute Gasteiger partial charge is 0.248 e. The average Bonchev–Trinajstić information content (AvgIpc) is 2.28. The number of carbonyl (C=O) groups is 2. The van der Waals surface area contributed by atoms with Gasteiger partial charge in [-0.25, -0.2) is 0 Å². The number of amides is 2. The molecule has 2 fully saturated rings. The van der Waals surface area contributed by atoms with Gasteiger partial charge in [0.05, 0.1) is 12.6 Å². The van der Waals surface area contributed by atoms with E-state index in [1.165, 1.54) is 0 Å². The topological polar surface area (TPSA) is 58.6 Å². The summed E-state index contributed by atoms with van der Waals surface area (Å²) in [6.45, 7) is 6.60. The maximum atomic E-state index is 12.4. The van der Waals surface area contributed by atoms with E-state index in [0.29, 0.717) is 13.0 Å². The fraction of sp³-hybridized carbons (Fsp3) is 0.846. The maximum Gasteiger partial charge on any atom is 0.248 e. The van der Waals surface area contributed by atoms with Gasteiger partial charge in [0.2, 0.25) is 11.8 Å². The molecule has 2 rings (SSSR count).